The number of hydrogen-bond acceptors (Lipinski definition) is 4. The second kappa shape index (κ2) is 9.73. The second-order valence-electron chi connectivity index (χ2n) is 8.08. The van der Waals surface area contributed by atoms with Gasteiger partial charge in [-0.2, -0.15) is 5.10 Å². The first-order chi connectivity index (χ1) is 15.9. The van der Waals surface area contributed by atoms with Gasteiger partial charge in [0.05, 0.1) is 24.9 Å². The van der Waals surface area contributed by atoms with Gasteiger partial charge in [0.15, 0.2) is 11.6 Å². The molecule has 0 aliphatic carbocycles. The van der Waals surface area contributed by atoms with Crippen LogP contribution in [0.4, 0.5) is 4.39 Å². The Balaban J connectivity index is 1.79. The van der Waals surface area contributed by atoms with E-state index in [2.05, 4.69) is 5.10 Å². The highest BCUT2D eigenvalue weighted by molar-refractivity contribution is 5.78. The summed E-state index contributed by atoms with van der Waals surface area (Å²) in [5.41, 5.74) is 2.24. The summed E-state index contributed by atoms with van der Waals surface area (Å²) in [5.74, 6) is 0.412. The van der Waals surface area contributed by atoms with Crippen molar-refractivity contribution in [2.45, 2.75) is 26.9 Å². The van der Waals surface area contributed by atoms with Crippen LogP contribution in [0.5, 0.6) is 11.6 Å². The van der Waals surface area contributed by atoms with E-state index in [9.17, 15) is 9.18 Å². The van der Waals surface area contributed by atoms with Crippen molar-refractivity contribution in [3.05, 3.63) is 90.1 Å². The summed E-state index contributed by atoms with van der Waals surface area (Å²) in [4.78, 5) is 14.8. The molecule has 2 aromatic carbocycles. The number of aryl methyl sites for hydroxylation is 1. The van der Waals surface area contributed by atoms with Crippen LogP contribution in [0.15, 0.2) is 77.4 Å². The van der Waals surface area contributed by atoms with Gasteiger partial charge in [-0.05, 0) is 24.3 Å². The summed E-state index contributed by atoms with van der Waals surface area (Å²) in [6.45, 7) is 4.23. The molecule has 0 spiro atoms. The van der Waals surface area contributed by atoms with Crippen molar-refractivity contribution in [3.63, 3.8) is 0 Å². The fraction of sp³-hybridized carbons (Fsp3) is 0.231. The van der Waals surface area contributed by atoms with Crippen molar-refractivity contribution in [1.29, 1.82) is 0 Å². The van der Waals surface area contributed by atoms with Crippen LogP contribution in [-0.2, 0) is 24.9 Å². The van der Waals surface area contributed by atoms with Gasteiger partial charge in [-0.1, -0.05) is 56.3 Å². The van der Waals surface area contributed by atoms with E-state index in [0.29, 0.717) is 29.4 Å². The molecule has 2 aromatic heterocycles. The normalized spacial score (nSPS) is 11.1. The minimum Gasteiger partial charge on any atom is -0.467 e. The van der Waals surface area contributed by atoms with Gasteiger partial charge >= 0.3 is 0 Å². The molecule has 0 radical (unpaired) electrons. The number of carbonyl (C=O) groups excluding carboxylic acids is 1. The highest BCUT2D eigenvalue weighted by Gasteiger charge is 2.26. The average molecular weight is 448 g/mol. The molecule has 0 bridgehead atoms. The minimum absolute atomic E-state index is 0.0360. The van der Waals surface area contributed by atoms with Gasteiger partial charge in [0.2, 0.25) is 11.8 Å². The number of hydrogen-bond donors (Lipinski definition) is 0. The summed E-state index contributed by atoms with van der Waals surface area (Å²) < 4.78 is 27.5. The molecule has 0 atom stereocenters. The number of halogens is 1. The Labute approximate surface area is 192 Å². The third-order valence-corrected chi connectivity index (χ3v) is 5.26. The molecule has 4 rings (SSSR count). The van der Waals surface area contributed by atoms with Crippen LogP contribution < -0.4 is 4.74 Å². The number of aromatic nitrogens is 2. The zero-order chi connectivity index (χ0) is 23.4. The molecular formula is C26H26FN3O3. The summed E-state index contributed by atoms with van der Waals surface area (Å²) in [6, 6.07) is 19.5. The fourth-order valence-corrected chi connectivity index (χ4v) is 3.64. The maximum atomic E-state index is 14.4. The van der Waals surface area contributed by atoms with Crippen LogP contribution >= 0.6 is 0 Å². The fourth-order valence-electron chi connectivity index (χ4n) is 3.64. The Bertz CT molecular complexity index is 1220. The van der Waals surface area contributed by atoms with Crippen LogP contribution in [0.3, 0.4) is 0 Å². The molecule has 7 heteroatoms. The van der Waals surface area contributed by atoms with Gasteiger partial charge in [0.25, 0.3) is 0 Å². The van der Waals surface area contributed by atoms with Crippen LogP contribution in [0.1, 0.15) is 25.2 Å². The van der Waals surface area contributed by atoms with E-state index in [1.807, 2.05) is 50.2 Å². The standard InChI is InChI=1S/C26H26FN3O3/c1-18(2)25(31)30(16-20-12-9-15-32-20)17-21-24(19-10-5-4-6-11-19)28-29(3)26(21)33-23-14-8-7-13-22(23)27/h4-15,18H,16-17H2,1-3H3. The Morgan fingerprint density at radius 1 is 1.06 bits per heavy atom. The van der Waals surface area contributed by atoms with Crippen LogP contribution in [0, 0.1) is 11.7 Å². The molecule has 0 unspecified atom stereocenters. The van der Waals surface area contributed by atoms with E-state index in [-0.39, 0.29) is 24.1 Å². The number of carbonyl (C=O) groups is 1. The third-order valence-electron chi connectivity index (χ3n) is 5.26. The Morgan fingerprint density at radius 2 is 1.79 bits per heavy atom. The highest BCUT2D eigenvalue weighted by Crippen LogP contribution is 2.35. The molecule has 1 amide bonds. The summed E-state index contributed by atoms with van der Waals surface area (Å²) in [7, 11) is 1.74. The number of furan rings is 1. The predicted octanol–water partition coefficient (Wildman–Crippen LogP) is 5.80. The first-order valence-electron chi connectivity index (χ1n) is 10.8. The SMILES string of the molecule is CC(C)C(=O)N(Cc1ccco1)Cc1c(-c2ccccc2)nn(C)c1Oc1ccccc1F. The number of nitrogens with zero attached hydrogens (tertiary/aromatic N) is 3. The van der Waals surface area contributed by atoms with E-state index < -0.39 is 5.82 Å². The first-order valence-corrected chi connectivity index (χ1v) is 10.8. The maximum absolute atomic E-state index is 14.4. The summed E-state index contributed by atoms with van der Waals surface area (Å²) >= 11 is 0. The van der Waals surface area contributed by atoms with E-state index in [1.54, 1.807) is 47.2 Å². The van der Waals surface area contributed by atoms with Gasteiger partial charge < -0.3 is 14.1 Å². The molecule has 6 nitrogen and oxygen atoms in total. The second-order valence-corrected chi connectivity index (χ2v) is 8.08. The van der Waals surface area contributed by atoms with Gasteiger partial charge in [0.1, 0.15) is 11.5 Å². The molecule has 170 valence electrons. The molecule has 2 heterocycles. The Hall–Kier alpha value is -3.87. The zero-order valence-corrected chi connectivity index (χ0v) is 18.9. The van der Waals surface area contributed by atoms with Crippen molar-refractivity contribution >= 4 is 5.91 Å². The van der Waals surface area contributed by atoms with E-state index in [4.69, 9.17) is 9.15 Å². The van der Waals surface area contributed by atoms with E-state index in [1.165, 1.54) is 6.07 Å². The topological polar surface area (TPSA) is 60.5 Å². The van der Waals surface area contributed by atoms with Crippen LogP contribution in [-0.4, -0.2) is 20.6 Å². The smallest absolute Gasteiger partial charge is 0.225 e. The van der Waals surface area contributed by atoms with E-state index in [0.717, 1.165) is 5.56 Å². The van der Waals surface area contributed by atoms with Gasteiger partial charge in [-0.3, -0.25) is 4.79 Å². The van der Waals surface area contributed by atoms with Crippen molar-refractivity contribution in [3.8, 4) is 22.9 Å². The molecule has 0 N–H and O–H groups in total. The number of para-hydroxylation sites is 1. The Kier molecular flexibility index (Phi) is 6.58. The molecule has 4 aromatic rings. The molecular weight excluding hydrogens is 421 g/mol. The van der Waals surface area contributed by atoms with Gasteiger partial charge in [-0.15, -0.1) is 0 Å². The zero-order valence-electron chi connectivity index (χ0n) is 18.9. The summed E-state index contributed by atoms with van der Waals surface area (Å²) in [5, 5.41) is 4.67. The number of ether oxygens (including phenoxy) is 1. The molecule has 0 fully saturated rings. The van der Waals surface area contributed by atoms with Crippen molar-refractivity contribution in [2.24, 2.45) is 13.0 Å². The monoisotopic (exact) mass is 447 g/mol. The van der Waals surface area contributed by atoms with Crippen molar-refractivity contribution in [2.75, 3.05) is 0 Å². The molecule has 0 aliphatic rings. The first kappa shape index (κ1) is 22.3. The quantitative estimate of drug-likeness (QED) is 0.343. The third kappa shape index (κ3) is 4.98. The number of rotatable bonds is 8. The largest absolute Gasteiger partial charge is 0.467 e. The average Bonchev–Trinajstić information content (AvgIpc) is 3.43. The van der Waals surface area contributed by atoms with Crippen LogP contribution in [0.2, 0.25) is 0 Å². The number of amides is 1. The van der Waals surface area contributed by atoms with Crippen molar-refractivity contribution < 1.29 is 18.3 Å². The lowest BCUT2D eigenvalue weighted by Crippen LogP contribution is -2.33. The van der Waals surface area contributed by atoms with Crippen molar-refractivity contribution in [1.82, 2.24) is 14.7 Å². The van der Waals surface area contributed by atoms with Gasteiger partial charge in [0, 0.05) is 18.5 Å². The number of benzene rings is 2. The van der Waals surface area contributed by atoms with Crippen LogP contribution in [0.25, 0.3) is 11.3 Å². The highest BCUT2D eigenvalue weighted by atomic mass is 19.1. The lowest BCUT2D eigenvalue weighted by atomic mass is 10.1. The lowest BCUT2D eigenvalue weighted by molar-refractivity contribution is -0.136. The molecule has 0 aliphatic heterocycles. The maximum Gasteiger partial charge on any atom is 0.225 e. The molecule has 33 heavy (non-hydrogen) atoms. The molecule has 0 saturated carbocycles. The lowest BCUT2D eigenvalue weighted by Gasteiger charge is -2.24. The molecule has 0 saturated heterocycles. The van der Waals surface area contributed by atoms with E-state index >= 15 is 0 Å². The Morgan fingerprint density at radius 3 is 2.45 bits per heavy atom. The van der Waals surface area contributed by atoms with Gasteiger partial charge in [-0.25, -0.2) is 9.07 Å². The predicted molar refractivity (Wildman–Crippen MR) is 123 cm³/mol. The summed E-state index contributed by atoms with van der Waals surface area (Å²) in [6.07, 6.45) is 1.58. The minimum atomic E-state index is -0.475.